The Morgan fingerprint density at radius 2 is 0.823 bits per heavy atom. The highest BCUT2D eigenvalue weighted by Crippen LogP contribution is 2.49. The molecule has 5 N–H and O–H groups in total. The van der Waals surface area contributed by atoms with Gasteiger partial charge in [-0.05, 0) is 190 Å². The van der Waals surface area contributed by atoms with Crippen molar-refractivity contribution in [3.05, 3.63) is 237 Å². The van der Waals surface area contributed by atoms with Gasteiger partial charge in [-0.25, -0.2) is 28.8 Å². The molecule has 4 aliphatic carbocycles. The van der Waals surface area contributed by atoms with E-state index in [1.807, 2.05) is 56.0 Å². The van der Waals surface area contributed by atoms with Gasteiger partial charge in [-0.3, -0.25) is 24.0 Å². The number of esters is 2. The molecule has 2 bridgehead atoms. The van der Waals surface area contributed by atoms with Gasteiger partial charge in [-0.15, -0.1) is 26.3 Å². The van der Waals surface area contributed by atoms with Gasteiger partial charge in [0.25, 0.3) is 5.24 Å². The van der Waals surface area contributed by atoms with E-state index in [0.717, 1.165) is 70.4 Å². The number of benzene rings is 7. The number of halogens is 21. The number of phenols is 1. The molecule has 794 valence electrons. The van der Waals surface area contributed by atoms with Crippen LogP contribution < -0.4 is 14.2 Å². The molecule has 6 aliphatic rings. The predicted octanol–water partition coefficient (Wildman–Crippen LogP) is 28.5. The molecule has 16 rings (SSSR count). The second-order valence-electron chi connectivity index (χ2n) is 31.3. The number of alkyl halides is 6. The maximum atomic E-state index is 12.2. The van der Waals surface area contributed by atoms with E-state index in [2.05, 4.69) is 44.7 Å². The largest absolute Gasteiger partial charge is 0.507 e. The van der Waals surface area contributed by atoms with E-state index in [0.29, 0.717) is 116 Å². The van der Waals surface area contributed by atoms with Crippen molar-refractivity contribution in [1.82, 2.24) is 20.4 Å². The summed E-state index contributed by atoms with van der Waals surface area (Å²) in [6.45, 7) is 0.911. The van der Waals surface area contributed by atoms with E-state index in [1.54, 1.807) is 68.4 Å². The van der Waals surface area contributed by atoms with Crippen LogP contribution in [0, 0.1) is 5.92 Å². The van der Waals surface area contributed by atoms with Crippen LogP contribution in [-0.4, -0.2) is 181 Å². The smallest absolute Gasteiger partial charge is 0.483 e. The zero-order valence-electron chi connectivity index (χ0n) is 77.0. The van der Waals surface area contributed by atoms with Crippen LogP contribution in [0.15, 0.2) is 169 Å². The van der Waals surface area contributed by atoms with Crippen LogP contribution in [0.25, 0.3) is 33.8 Å². The highest BCUT2D eigenvalue weighted by molar-refractivity contribution is 6.71. The SMILES string of the molecule is CC(C)(C)OC(=O)N1[C@@H]2CC[C@H]1CC(O)C2.CCOC(=O)CC(=O)C1CC1.CCOC(=O)c1c(-c2ccccc2Cl)noc1C1CC1.O/N=C(\Cl)c1c(Cl)cccc1OC(F)F.O/N=C/c1c(Cl)cccc1OC(F)F.O=C(Cl)c1c(-c2ccccc2Cl)noc1C1CC1.O=C(F)F.O=C(F)F.O=C(F)F.O=C(O)c1c(-c2ccccc2Cl)noc1C1CC1.O=Cc1c(Cl)cccc1OC(F)F.O=Cc1c(O)cccc1Cl. The molecule has 0 spiro atoms. The third-order valence-corrected chi connectivity index (χ3v) is 22.4. The number of carboxylic acid groups (broad SMARTS) is 1. The van der Waals surface area contributed by atoms with Crippen LogP contribution in [-0.2, 0) is 23.8 Å². The lowest BCUT2D eigenvalue weighted by molar-refractivity contribution is -0.145. The van der Waals surface area contributed by atoms with E-state index < -0.39 is 66.7 Å². The molecule has 10 aromatic rings. The third kappa shape index (κ3) is 42.7. The summed E-state index contributed by atoms with van der Waals surface area (Å²) in [6.07, 6.45) is 4.13. The van der Waals surface area contributed by atoms with Gasteiger partial charge in [0.2, 0.25) is 0 Å². The number of aromatic carboxylic acids is 1. The Balaban J connectivity index is 0.000000288. The Bertz CT molecular complexity index is 5980. The van der Waals surface area contributed by atoms with Gasteiger partial charge in [0.15, 0.2) is 35.0 Å². The highest BCUT2D eigenvalue weighted by atomic mass is 35.5. The molecule has 31 nitrogen and oxygen atoms in total. The fraction of sp³-hybridized carbons (Fsp3) is 0.326. The first-order valence-corrected chi connectivity index (χ1v) is 46.3. The number of nitrogens with zero attached hydrogens (tertiary/aromatic N) is 6. The molecule has 1 amide bonds. The lowest BCUT2D eigenvalue weighted by Crippen LogP contribution is -2.49. The molecule has 52 heteroatoms. The maximum Gasteiger partial charge on any atom is 0.483 e. The Labute approximate surface area is 873 Å². The molecule has 7 aromatic carbocycles. The summed E-state index contributed by atoms with van der Waals surface area (Å²) < 4.78 is 173. The summed E-state index contributed by atoms with van der Waals surface area (Å²) in [6, 6.07) is 38.7. The summed E-state index contributed by atoms with van der Waals surface area (Å²) in [7, 11) is 0. The highest BCUT2D eigenvalue weighted by Gasteiger charge is 2.45. The molecule has 1 unspecified atom stereocenters. The number of piperidine rings is 1. The fourth-order valence-corrected chi connectivity index (χ4v) is 15.1. The van der Waals surface area contributed by atoms with Crippen LogP contribution in [0.1, 0.15) is 216 Å². The third-order valence-electron chi connectivity index (χ3n) is 19.6. The lowest BCUT2D eigenvalue weighted by atomic mass is 10.0. The van der Waals surface area contributed by atoms with Gasteiger partial charge < -0.3 is 72.6 Å². The number of carboxylic acids is 1. The van der Waals surface area contributed by atoms with Gasteiger partial charge >= 0.3 is 62.7 Å². The normalized spacial score (nSPS) is 14.8. The number of hydrogen-bond donors (Lipinski definition) is 5. The number of hydrogen-bond acceptors (Lipinski definition) is 29. The topological polar surface area (TPSA) is 450 Å². The number of oxime groups is 2. The second-order valence-corrected chi connectivity index (χ2v) is 34.8. The molecule has 2 saturated heterocycles. The summed E-state index contributed by atoms with van der Waals surface area (Å²) in [4.78, 5) is 116. The number of amides is 1. The molecule has 0 radical (unpaired) electrons. The monoisotopic (exact) mass is 2250 g/mol. The average Bonchev–Trinajstić information content (AvgIpc) is 1.62. The van der Waals surface area contributed by atoms with Crippen molar-refractivity contribution in [2.45, 2.75) is 179 Å². The van der Waals surface area contributed by atoms with E-state index in [4.69, 9.17) is 157 Å². The number of ketones is 1. The van der Waals surface area contributed by atoms with Gasteiger partial charge in [0, 0.05) is 52.4 Å². The van der Waals surface area contributed by atoms with E-state index >= 15 is 0 Å². The van der Waals surface area contributed by atoms with Crippen molar-refractivity contribution in [2.24, 2.45) is 16.2 Å². The summed E-state index contributed by atoms with van der Waals surface area (Å²) >= 11 is 51.9. The van der Waals surface area contributed by atoms with Crippen LogP contribution in [0.2, 0.25) is 35.2 Å². The quantitative estimate of drug-likeness (QED) is 0.00432. The number of ether oxygens (including phenoxy) is 6. The van der Waals surface area contributed by atoms with Gasteiger partial charge in [-0.2, -0.15) is 26.3 Å². The van der Waals surface area contributed by atoms with Crippen molar-refractivity contribution in [2.75, 3.05) is 13.2 Å². The van der Waals surface area contributed by atoms with E-state index in [-0.39, 0.29) is 137 Å². The van der Waals surface area contributed by atoms with Gasteiger partial charge in [-0.1, -0.05) is 197 Å². The van der Waals surface area contributed by atoms with E-state index in [1.165, 1.54) is 60.7 Å². The molecular formula is C95H87Cl9F12N6O25. The molecule has 4 saturated carbocycles. The number of aldehydes is 2. The molecule has 5 heterocycles. The number of aliphatic hydroxyl groups is 1. The number of aromatic nitrogens is 3. The predicted molar refractivity (Wildman–Crippen MR) is 514 cm³/mol. The number of phenolic OH excluding ortho intramolecular Hbond substituents is 1. The summed E-state index contributed by atoms with van der Waals surface area (Å²) in [5, 5.41) is 63.0. The first-order chi connectivity index (χ1) is 69.5. The fourth-order valence-electron chi connectivity index (χ4n) is 13.1. The Morgan fingerprint density at radius 1 is 0.469 bits per heavy atom. The van der Waals surface area contributed by atoms with E-state index in [9.17, 15) is 101 Å². The molecule has 2 aliphatic heterocycles. The maximum absolute atomic E-state index is 12.2. The number of aliphatic hydroxyl groups excluding tert-OH is 1. The van der Waals surface area contributed by atoms with Crippen molar-refractivity contribution in [3.63, 3.8) is 0 Å². The second kappa shape index (κ2) is 62.5. The van der Waals surface area contributed by atoms with Crippen molar-refractivity contribution < 1.29 is 173 Å². The minimum absolute atomic E-state index is 0.0293. The molecule has 147 heavy (non-hydrogen) atoms. The van der Waals surface area contributed by atoms with Crippen molar-refractivity contribution >= 4 is 182 Å². The summed E-state index contributed by atoms with van der Waals surface area (Å²) in [5.41, 5.74) is 3.74. The molecule has 3 aromatic heterocycles. The Kier molecular flexibility index (Phi) is 53.1. The zero-order chi connectivity index (χ0) is 110. The molecule has 6 fully saturated rings. The van der Waals surface area contributed by atoms with Gasteiger partial charge in [0.1, 0.15) is 74.6 Å². The number of rotatable bonds is 24. The summed E-state index contributed by atoms with van der Waals surface area (Å²) in [5.74, 6) is 0.154. The lowest BCUT2D eigenvalue weighted by Gasteiger charge is -2.37. The Hall–Kier alpha value is -12.6. The van der Waals surface area contributed by atoms with Crippen LogP contribution >= 0.6 is 104 Å². The number of aromatic hydroxyl groups is 1. The van der Waals surface area contributed by atoms with Crippen LogP contribution in [0.4, 0.5) is 71.9 Å². The molecule has 3 atom stereocenters. The van der Waals surface area contributed by atoms with Crippen LogP contribution in [0.3, 0.4) is 0 Å². The minimum Gasteiger partial charge on any atom is -0.507 e. The van der Waals surface area contributed by atoms with Crippen molar-refractivity contribution in [3.8, 4) is 56.8 Å². The van der Waals surface area contributed by atoms with Crippen LogP contribution in [0.5, 0.6) is 23.0 Å². The minimum atomic E-state index is -3.01. The van der Waals surface area contributed by atoms with Gasteiger partial charge in [0.05, 0.1) is 82.9 Å². The first-order valence-electron chi connectivity index (χ1n) is 42.9. The first kappa shape index (κ1) is 125. The molecular weight excluding hydrogens is 2170 g/mol. The number of carbonyl (C=O) groups excluding carboxylic acids is 10. The number of fused-ring (bicyclic) bond motifs is 2. The van der Waals surface area contributed by atoms with Crippen molar-refractivity contribution in [1.29, 1.82) is 0 Å². The number of Topliss-reactive ketones (excluding diaryl/α,β-unsaturated/α-hetero) is 1. The Morgan fingerprint density at radius 3 is 1.18 bits per heavy atom. The standard InChI is InChI=1S/C15H14ClNO3.C13H9Cl2NO2.C13H10ClNO3.C12H21NO3.C8H5Cl2F2NO2.C8H6ClF2NO2.C8H5ClF2O2.C8H12O3.C7H5ClO2.3CF2O/c1-2-19-15(18)12-13(10-5-3-4-6-11(10)16)17-20-14(12)9-7-8-9;14-9-4-2-1-3-8(9)11-10(13(15)17)12(18-16-11)7-5-6-7;14-9-4-2-1-3-8(9)11-10(13(16)17)12(18-15-11)7-5-6-7;1-12(2,3)16-11(15)13-8-4-5-9(13)7-10(14)6-8;9-4-2-1-3-5(15-8(11)12)6(4)7(10)13-14;9-6-2-1-3-7(14-8(10)11)5(6)4-12-13;9-6-2-1-3-7(5(6)4-12)13-8(10)11;1-2-11-8(10)5-7(9)6-3-4-6;8-6-2-1-3-7(10)5(6)4-9;3*2-1(3)4/h3-6,9H,2,7-8H2,1H3;1-4,7H,5-6H2;1-4,7H,5-6H2,(H,16,17);8-10,14H,4-7H2,1-3H3;1-3,8,14H;1-4,8,13H;1-4,8H;6H,2-5H2,1H3;1-4,10H;;;/b;;;;13-7-;12-4+;;;;;;/t;;;8-,9+,10?;;;;;;;;. The number of carbonyl (C=O) groups is 11. The average molecular weight is 2260 g/mol. The zero-order valence-corrected chi connectivity index (χ0v) is 83.8.